The zero-order valence-electron chi connectivity index (χ0n) is 12.1. The summed E-state index contributed by atoms with van der Waals surface area (Å²) in [5.74, 6) is 2.50. The first-order chi connectivity index (χ1) is 9.60. The Balaban J connectivity index is 2.54. The SMILES string of the molecule is CCc1nc(-c2ccc(OC)c(C)c2)nc(NC)c1I. The van der Waals surface area contributed by atoms with Gasteiger partial charge in [-0.25, -0.2) is 9.97 Å². The first-order valence-electron chi connectivity index (χ1n) is 6.49. The molecule has 0 amide bonds. The lowest BCUT2D eigenvalue weighted by molar-refractivity contribution is 0.412. The molecule has 0 atom stereocenters. The summed E-state index contributed by atoms with van der Waals surface area (Å²) in [5.41, 5.74) is 3.15. The van der Waals surface area contributed by atoms with Crippen LogP contribution in [0.2, 0.25) is 0 Å². The highest BCUT2D eigenvalue weighted by Gasteiger charge is 2.12. The van der Waals surface area contributed by atoms with Crippen molar-refractivity contribution in [3.05, 3.63) is 33.0 Å². The van der Waals surface area contributed by atoms with Crippen LogP contribution in [-0.4, -0.2) is 24.1 Å². The fourth-order valence-electron chi connectivity index (χ4n) is 2.04. The van der Waals surface area contributed by atoms with E-state index in [-0.39, 0.29) is 0 Å². The highest BCUT2D eigenvalue weighted by atomic mass is 127. The van der Waals surface area contributed by atoms with Gasteiger partial charge in [-0.1, -0.05) is 6.92 Å². The first kappa shape index (κ1) is 15.0. The maximum atomic E-state index is 5.29. The van der Waals surface area contributed by atoms with Crippen molar-refractivity contribution >= 4 is 28.4 Å². The summed E-state index contributed by atoms with van der Waals surface area (Å²) in [6.07, 6.45) is 0.887. The van der Waals surface area contributed by atoms with Crippen molar-refractivity contribution in [2.24, 2.45) is 0 Å². The van der Waals surface area contributed by atoms with Gasteiger partial charge in [-0.15, -0.1) is 0 Å². The number of ether oxygens (including phenoxy) is 1. The molecule has 5 heteroatoms. The molecule has 2 aromatic rings. The standard InChI is InChI=1S/C15H18IN3O/c1-5-11-13(16)15(17-3)19-14(18-11)10-6-7-12(20-4)9(2)8-10/h6-8H,5H2,1-4H3,(H,17,18,19). The van der Waals surface area contributed by atoms with Crippen molar-refractivity contribution in [2.75, 3.05) is 19.5 Å². The molecular weight excluding hydrogens is 365 g/mol. The van der Waals surface area contributed by atoms with E-state index in [2.05, 4.69) is 50.9 Å². The summed E-state index contributed by atoms with van der Waals surface area (Å²) in [6.45, 7) is 4.13. The lowest BCUT2D eigenvalue weighted by atomic mass is 10.1. The monoisotopic (exact) mass is 383 g/mol. The number of anilines is 1. The number of hydrogen-bond acceptors (Lipinski definition) is 4. The Labute approximate surface area is 133 Å². The van der Waals surface area contributed by atoms with E-state index in [1.54, 1.807) is 7.11 Å². The summed E-state index contributed by atoms with van der Waals surface area (Å²) in [7, 11) is 3.56. The van der Waals surface area contributed by atoms with E-state index in [1.807, 2.05) is 26.1 Å². The summed E-state index contributed by atoms with van der Waals surface area (Å²) in [4.78, 5) is 9.26. The summed E-state index contributed by atoms with van der Waals surface area (Å²) >= 11 is 2.29. The van der Waals surface area contributed by atoms with Crippen LogP contribution in [0.15, 0.2) is 18.2 Å². The van der Waals surface area contributed by atoms with Crippen molar-refractivity contribution in [2.45, 2.75) is 20.3 Å². The molecule has 0 radical (unpaired) electrons. The zero-order chi connectivity index (χ0) is 14.7. The molecule has 0 aliphatic heterocycles. The van der Waals surface area contributed by atoms with E-state index in [0.717, 1.165) is 44.2 Å². The molecule has 0 bridgehead atoms. The van der Waals surface area contributed by atoms with Gasteiger partial charge in [0, 0.05) is 12.6 Å². The Hall–Kier alpha value is -1.37. The number of benzene rings is 1. The minimum Gasteiger partial charge on any atom is -0.496 e. The van der Waals surface area contributed by atoms with Gasteiger partial charge in [0.1, 0.15) is 11.6 Å². The quantitative estimate of drug-likeness (QED) is 0.819. The molecule has 0 fully saturated rings. The summed E-state index contributed by atoms with van der Waals surface area (Å²) in [5, 5.41) is 3.13. The van der Waals surface area contributed by atoms with E-state index >= 15 is 0 Å². The average molecular weight is 383 g/mol. The second kappa shape index (κ2) is 6.39. The predicted octanol–water partition coefficient (Wildman–Crippen LogP) is 3.67. The largest absolute Gasteiger partial charge is 0.496 e. The summed E-state index contributed by atoms with van der Waals surface area (Å²) < 4.78 is 6.38. The molecule has 1 heterocycles. The van der Waals surface area contributed by atoms with Gasteiger partial charge in [0.25, 0.3) is 0 Å². The van der Waals surface area contributed by atoms with Gasteiger partial charge < -0.3 is 10.1 Å². The van der Waals surface area contributed by atoms with Crippen LogP contribution in [0.5, 0.6) is 5.75 Å². The highest BCUT2D eigenvalue weighted by molar-refractivity contribution is 14.1. The van der Waals surface area contributed by atoms with E-state index in [4.69, 9.17) is 4.74 Å². The molecule has 0 unspecified atom stereocenters. The van der Waals surface area contributed by atoms with Crippen molar-refractivity contribution < 1.29 is 4.74 Å². The van der Waals surface area contributed by atoms with Gasteiger partial charge in [0.05, 0.1) is 16.4 Å². The van der Waals surface area contributed by atoms with Crippen molar-refractivity contribution in [3.63, 3.8) is 0 Å². The smallest absolute Gasteiger partial charge is 0.161 e. The molecule has 1 N–H and O–H groups in total. The molecule has 0 spiro atoms. The normalized spacial score (nSPS) is 10.4. The molecule has 0 saturated heterocycles. The Morgan fingerprint density at radius 1 is 1.30 bits per heavy atom. The molecule has 0 aliphatic carbocycles. The predicted molar refractivity (Wildman–Crippen MR) is 90.4 cm³/mol. The fourth-order valence-corrected chi connectivity index (χ4v) is 2.93. The number of rotatable bonds is 4. The molecule has 106 valence electrons. The maximum Gasteiger partial charge on any atom is 0.161 e. The molecular formula is C15H18IN3O. The van der Waals surface area contributed by atoms with Crippen molar-refractivity contribution in [1.82, 2.24) is 9.97 Å². The third-order valence-electron chi connectivity index (χ3n) is 3.14. The number of hydrogen-bond donors (Lipinski definition) is 1. The number of aryl methyl sites for hydroxylation is 2. The lowest BCUT2D eigenvalue weighted by Crippen LogP contribution is -2.05. The van der Waals surface area contributed by atoms with Crippen LogP contribution < -0.4 is 10.1 Å². The summed E-state index contributed by atoms with van der Waals surface area (Å²) in [6, 6.07) is 6.00. The molecule has 0 aliphatic rings. The van der Waals surface area contributed by atoms with E-state index in [1.165, 1.54) is 0 Å². The number of nitrogens with one attached hydrogen (secondary N) is 1. The number of methoxy groups -OCH3 is 1. The second-order valence-electron chi connectivity index (χ2n) is 4.44. The van der Waals surface area contributed by atoms with E-state index < -0.39 is 0 Å². The van der Waals surface area contributed by atoms with Gasteiger partial charge in [-0.2, -0.15) is 0 Å². The van der Waals surface area contributed by atoms with Crippen LogP contribution in [0.1, 0.15) is 18.2 Å². The third kappa shape index (κ3) is 2.87. The molecule has 0 saturated carbocycles. The van der Waals surface area contributed by atoms with Crippen molar-refractivity contribution in [3.8, 4) is 17.1 Å². The number of halogens is 1. The van der Waals surface area contributed by atoms with Crippen LogP contribution in [0.4, 0.5) is 5.82 Å². The third-order valence-corrected chi connectivity index (χ3v) is 4.28. The topological polar surface area (TPSA) is 47.0 Å². The van der Waals surface area contributed by atoms with Crippen LogP contribution >= 0.6 is 22.6 Å². The van der Waals surface area contributed by atoms with Gasteiger partial charge in [-0.05, 0) is 59.7 Å². The molecule has 1 aromatic carbocycles. The maximum absolute atomic E-state index is 5.29. The van der Waals surface area contributed by atoms with Crippen LogP contribution in [-0.2, 0) is 6.42 Å². The first-order valence-corrected chi connectivity index (χ1v) is 7.57. The lowest BCUT2D eigenvalue weighted by Gasteiger charge is -2.11. The van der Waals surface area contributed by atoms with Crippen molar-refractivity contribution in [1.29, 1.82) is 0 Å². The average Bonchev–Trinajstić information content (AvgIpc) is 2.47. The van der Waals surface area contributed by atoms with E-state index in [9.17, 15) is 0 Å². The number of aromatic nitrogens is 2. The second-order valence-corrected chi connectivity index (χ2v) is 5.52. The van der Waals surface area contributed by atoms with Gasteiger partial charge in [0.2, 0.25) is 0 Å². The minimum atomic E-state index is 0.748. The molecule has 2 rings (SSSR count). The fraction of sp³-hybridized carbons (Fsp3) is 0.333. The Kier molecular flexibility index (Phi) is 4.80. The van der Waals surface area contributed by atoms with Crippen LogP contribution in [0, 0.1) is 10.5 Å². The van der Waals surface area contributed by atoms with Gasteiger partial charge >= 0.3 is 0 Å². The van der Waals surface area contributed by atoms with Crippen LogP contribution in [0.3, 0.4) is 0 Å². The van der Waals surface area contributed by atoms with Gasteiger partial charge in [0.15, 0.2) is 5.82 Å². The van der Waals surface area contributed by atoms with Gasteiger partial charge in [-0.3, -0.25) is 0 Å². The Bertz CT molecular complexity index is 604. The van der Waals surface area contributed by atoms with Crippen LogP contribution in [0.25, 0.3) is 11.4 Å². The number of nitrogens with zero attached hydrogens (tertiary/aromatic N) is 2. The Morgan fingerprint density at radius 2 is 2.05 bits per heavy atom. The minimum absolute atomic E-state index is 0.748. The molecule has 1 aromatic heterocycles. The highest BCUT2D eigenvalue weighted by Crippen LogP contribution is 2.27. The molecule has 4 nitrogen and oxygen atoms in total. The zero-order valence-corrected chi connectivity index (χ0v) is 14.3. The van der Waals surface area contributed by atoms with E-state index in [0.29, 0.717) is 0 Å². The Morgan fingerprint density at radius 3 is 2.60 bits per heavy atom. The molecule has 20 heavy (non-hydrogen) atoms.